The third kappa shape index (κ3) is 4.97. The van der Waals surface area contributed by atoms with Crippen LogP contribution in [0.15, 0.2) is 60.9 Å². The van der Waals surface area contributed by atoms with Crippen LogP contribution in [0.25, 0.3) is 5.69 Å². The number of anilines is 1. The SMILES string of the molecule is O=C(NCCCN1CCN(c2ccccc2)CC1)c1cccc(-n2cnnn2)c1. The zero-order valence-corrected chi connectivity index (χ0v) is 16.3. The summed E-state index contributed by atoms with van der Waals surface area (Å²) in [6.07, 6.45) is 2.44. The monoisotopic (exact) mass is 391 g/mol. The first kappa shape index (κ1) is 19.1. The molecule has 0 saturated carbocycles. The van der Waals surface area contributed by atoms with Crippen LogP contribution in [0, 0.1) is 0 Å². The van der Waals surface area contributed by atoms with Crippen LogP contribution in [-0.2, 0) is 0 Å². The molecule has 8 heteroatoms. The zero-order chi connectivity index (χ0) is 19.9. The maximum Gasteiger partial charge on any atom is 0.251 e. The molecule has 2 heterocycles. The molecular weight excluding hydrogens is 366 g/mol. The number of carbonyl (C=O) groups excluding carboxylic acids is 1. The highest BCUT2D eigenvalue weighted by molar-refractivity contribution is 5.94. The number of amides is 1. The standard InChI is InChI=1S/C21H25N7O/c29-21(18-6-4-9-20(16-18)28-17-23-24-25-28)22-10-5-11-26-12-14-27(15-13-26)19-7-2-1-3-8-19/h1-4,6-9,16-17H,5,10-15H2,(H,22,29). The van der Waals surface area contributed by atoms with Crippen LogP contribution < -0.4 is 10.2 Å². The molecular formula is C21H25N7O. The van der Waals surface area contributed by atoms with Crippen molar-refractivity contribution in [2.75, 3.05) is 44.2 Å². The minimum Gasteiger partial charge on any atom is -0.369 e. The van der Waals surface area contributed by atoms with E-state index in [0.717, 1.165) is 44.8 Å². The van der Waals surface area contributed by atoms with Gasteiger partial charge in [0.25, 0.3) is 5.91 Å². The highest BCUT2D eigenvalue weighted by atomic mass is 16.1. The number of benzene rings is 2. The van der Waals surface area contributed by atoms with Crippen molar-refractivity contribution in [2.24, 2.45) is 0 Å². The fourth-order valence-corrected chi connectivity index (χ4v) is 3.54. The van der Waals surface area contributed by atoms with E-state index in [4.69, 9.17) is 0 Å². The molecule has 8 nitrogen and oxygen atoms in total. The van der Waals surface area contributed by atoms with Gasteiger partial charge in [0.15, 0.2) is 0 Å². The Morgan fingerprint density at radius 1 is 0.966 bits per heavy atom. The van der Waals surface area contributed by atoms with Crippen molar-refractivity contribution in [2.45, 2.75) is 6.42 Å². The van der Waals surface area contributed by atoms with Crippen molar-refractivity contribution >= 4 is 11.6 Å². The number of aromatic nitrogens is 4. The van der Waals surface area contributed by atoms with E-state index in [9.17, 15) is 4.79 Å². The van der Waals surface area contributed by atoms with Crippen LogP contribution in [0.4, 0.5) is 5.69 Å². The highest BCUT2D eigenvalue weighted by Gasteiger charge is 2.16. The number of piperazine rings is 1. The van der Waals surface area contributed by atoms with Crippen LogP contribution in [0.5, 0.6) is 0 Å². The summed E-state index contributed by atoms with van der Waals surface area (Å²) in [6.45, 7) is 5.84. The smallest absolute Gasteiger partial charge is 0.251 e. The lowest BCUT2D eigenvalue weighted by Crippen LogP contribution is -2.47. The lowest BCUT2D eigenvalue weighted by Gasteiger charge is -2.36. The minimum atomic E-state index is -0.0752. The van der Waals surface area contributed by atoms with Gasteiger partial charge in [-0.15, -0.1) is 5.10 Å². The number of nitrogens with one attached hydrogen (secondary N) is 1. The van der Waals surface area contributed by atoms with Crippen molar-refractivity contribution in [3.63, 3.8) is 0 Å². The van der Waals surface area contributed by atoms with Gasteiger partial charge in [0, 0.05) is 44.0 Å². The van der Waals surface area contributed by atoms with Crippen LogP contribution in [0.2, 0.25) is 0 Å². The first-order valence-corrected chi connectivity index (χ1v) is 9.93. The Morgan fingerprint density at radius 3 is 2.52 bits per heavy atom. The van der Waals surface area contributed by atoms with E-state index < -0.39 is 0 Å². The van der Waals surface area contributed by atoms with E-state index in [-0.39, 0.29) is 5.91 Å². The largest absolute Gasteiger partial charge is 0.369 e. The van der Waals surface area contributed by atoms with Gasteiger partial charge >= 0.3 is 0 Å². The molecule has 1 aliphatic rings. The number of rotatable bonds is 7. The molecule has 0 radical (unpaired) electrons. The Kier molecular flexibility index (Phi) is 6.11. The molecule has 1 saturated heterocycles. The van der Waals surface area contributed by atoms with E-state index in [1.165, 1.54) is 16.7 Å². The number of carbonyl (C=O) groups is 1. The number of hydrogen-bond acceptors (Lipinski definition) is 6. The van der Waals surface area contributed by atoms with Gasteiger partial charge < -0.3 is 10.2 Å². The summed E-state index contributed by atoms with van der Waals surface area (Å²) in [5.74, 6) is -0.0752. The van der Waals surface area contributed by atoms with Gasteiger partial charge in [0.05, 0.1) is 5.69 Å². The van der Waals surface area contributed by atoms with E-state index >= 15 is 0 Å². The molecule has 150 valence electrons. The zero-order valence-electron chi connectivity index (χ0n) is 16.3. The molecule has 0 bridgehead atoms. The maximum atomic E-state index is 12.4. The predicted octanol–water partition coefficient (Wildman–Crippen LogP) is 1.60. The molecule has 1 N–H and O–H groups in total. The number of para-hydroxylation sites is 1. The summed E-state index contributed by atoms with van der Waals surface area (Å²) < 4.78 is 1.53. The molecule has 3 aromatic rings. The van der Waals surface area contributed by atoms with E-state index in [0.29, 0.717) is 12.1 Å². The first-order valence-electron chi connectivity index (χ1n) is 9.93. The third-order valence-corrected chi connectivity index (χ3v) is 5.15. The average molecular weight is 391 g/mol. The van der Waals surface area contributed by atoms with Crippen LogP contribution >= 0.6 is 0 Å². The predicted molar refractivity (Wildman–Crippen MR) is 111 cm³/mol. The van der Waals surface area contributed by atoms with Gasteiger partial charge in [0.1, 0.15) is 6.33 Å². The van der Waals surface area contributed by atoms with E-state index in [1.54, 1.807) is 12.1 Å². The van der Waals surface area contributed by atoms with Gasteiger partial charge in [-0.25, -0.2) is 4.68 Å². The Labute approximate surface area is 170 Å². The topological polar surface area (TPSA) is 79.2 Å². The van der Waals surface area contributed by atoms with Crippen molar-refractivity contribution in [1.29, 1.82) is 0 Å². The Bertz CT molecular complexity index is 906. The molecule has 1 fully saturated rings. The normalized spacial score (nSPS) is 14.7. The summed E-state index contributed by atoms with van der Waals surface area (Å²) >= 11 is 0. The van der Waals surface area contributed by atoms with Gasteiger partial charge in [-0.3, -0.25) is 9.69 Å². The Balaban J connectivity index is 1.19. The van der Waals surface area contributed by atoms with Crippen molar-refractivity contribution < 1.29 is 4.79 Å². The fourth-order valence-electron chi connectivity index (χ4n) is 3.54. The Hall–Kier alpha value is -3.26. The highest BCUT2D eigenvalue weighted by Crippen LogP contribution is 2.15. The molecule has 29 heavy (non-hydrogen) atoms. The second-order valence-corrected chi connectivity index (χ2v) is 7.08. The summed E-state index contributed by atoms with van der Waals surface area (Å²) in [5, 5.41) is 14.1. The Morgan fingerprint density at radius 2 is 1.76 bits per heavy atom. The quantitative estimate of drug-likeness (QED) is 0.617. The van der Waals surface area contributed by atoms with Crippen molar-refractivity contribution in [3.8, 4) is 5.69 Å². The minimum absolute atomic E-state index is 0.0752. The van der Waals surface area contributed by atoms with E-state index in [1.807, 2.05) is 12.1 Å². The molecule has 0 unspecified atom stereocenters. The molecule has 0 aliphatic carbocycles. The fraction of sp³-hybridized carbons (Fsp3) is 0.333. The molecule has 1 amide bonds. The summed E-state index contributed by atoms with van der Waals surface area (Å²) in [7, 11) is 0. The average Bonchev–Trinajstić information content (AvgIpc) is 3.33. The summed E-state index contributed by atoms with van der Waals surface area (Å²) in [5.41, 5.74) is 2.66. The molecule has 1 aromatic heterocycles. The molecule has 0 spiro atoms. The molecule has 1 aliphatic heterocycles. The van der Waals surface area contributed by atoms with Gasteiger partial charge in [-0.2, -0.15) is 0 Å². The first-order chi connectivity index (χ1) is 14.3. The molecule has 4 rings (SSSR count). The van der Waals surface area contributed by atoms with Crippen LogP contribution in [0.3, 0.4) is 0 Å². The maximum absolute atomic E-state index is 12.4. The van der Waals surface area contributed by atoms with Crippen molar-refractivity contribution in [1.82, 2.24) is 30.4 Å². The second-order valence-electron chi connectivity index (χ2n) is 7.08. The van der Waals surface area contributed by atoms with Gasteiger partial charge in [-0.05, 0) is 53.7 Å². The van der Waals surface area contributed by atoms with Gasteiger partial charge in [0.2, 0.25) is 0 Å². The number of tetrazole rings is 1. The third-order valence-electron chi connectivity index (χ3n) is 5.15. The summed E-state index contributed by atoms with van der Waals surface area (Å²) in [4.78, 5) is 17.3. The van der Waals surface area contributed by atoms with Crippen LogP contribution in [0.1, 0.15) is 16.8 Å². The lowest BCUT2D eigenvalue weighted by molar-refractivity contribution is 0.0951. The second kappa shape index (κ2) is 9.29. The lowest BCUT2D eigenvalue weighted by atomic mass is 10.2. The van der Waals surface area contributed by atoms with Gasteiger partial charge in [-0.1, -0.05) is 24.3 Å². The van der Waals surface area contributed by atoms with E-state index in [2.05, 4.69) is 61.0 Å². The number of hydrogen-bond donors (Lipinski definition) is 1. The van der Waals surface area contributed by atoms with Crippen LogP contribution in [-0.4, -0.2) is 70.3 Å². The molecule has 2 aromatic carbocycles. The number of nitrogens with zero attached hydrogens (tertiary/aromatic N) is 6. The molecule has 0 atom stereocenters. The van der Waals surface area contributed by atoms with Crippen molar-refractivity contribution in [3.05, 3.63) is 66.5 Å². The summed E-state index contributed by atoms with van der Waals surface area (Å²) in [6, 6.07) is 17.8.